The van der Waals surface area contributed by atoms with E-state index in [-0.39, 0.29) is 18.0 Å². The van der Waals surface area contributed by atoms with Crippen molar-refractivity contribution in [1.82, 2.24) is 5.32 Å². The summed E-state index contributed by atoms with van der Waals surface area (Å²) in [6.07, 6.45) is 14.6. The van der Waals surface area contributed by atoms with Crippen molar-refractivity contribution in [2.75, 3.05) is 0 Å². The van der Waals surface area contributed by atoms with Gasteiger partial charge in [-0.1, -0.05) is 38.5 Å². The molecule has 0 heterocycles. The monoisotopic (exact) mass is 355 g/mol. The van der Waals surface area contributed by atoms with Crippen LogP contribution in [0.2, 0.25) is 0 Å². The van der Waals surface area contributed by atoms with Crippen LogP contribution >= 0.6 is 12.2 Å². The number of ketones is 2. The summed E-state index contributed by atoms with van der Waals surface area (Å²) >= 11 is 4.39. The van der Waals surface area contributed by atoms with Crippen LogP contribution in [0.15, 0.2) is 0 Å². The fourth-order valence-corrected chi connectivity index (χ4v) is 3.81. The van der Waals surface area contributed by atoms with Crippen LogP contribution in [0.5, 0.6) is 0 Å². The maximum absolute atomic E-state index is 10.7. The van der Waals surface area contributed by atoms with Gasteiger partial charge < -0.3 is 10.4 Å². The summed E-state index contributed by atoms with van der Waals surface area (Å²) in [4.78, 5) is 21.3. The van der Waals surface area contributed by atoms with Gasteiger partial charge in [0.05, 0.1) is 5.92 Å². The minimum Gasteiger partial charge on any atom is -0.501 e. The lowest BCUT2D eigenvalue weighted by Crippen LogP contribution is -2.40. The number of carbonyl (C=O) groups is 2. The van der Waals surface area contributed by atoms with Gasteiger partial charge in [-0.05, 0) is 51.7 Å². The van der Waals surface area contributed by atoms with Gasteiger partial charge >= 0.3 is 0 Å². The summed E-state index contributed by atoms with van der Waals surface area (Å²) in [6, 6.07) is 1.74. The lowest BCUT2D eigenvalue weighted by Gasteiger charge is -2.30. The van der Waals surface area contributed by atoms with Gasteiger partial charge in [0.15, 0.2) is 5.05 Å². The Kier molecular flexibility index (Phi) is 10.3. The molecule has 5 heteroatoms. The fourth-order valence-electron chi connectivity index (χ4n) is 3.56. The Morgan fingerprint density at radius 3 is 1.62 bits per heavy atom. The second-order valence-electron chi connectivity index (χ2n) is 7.24. The highest BCUT2D eigenvalue weighted by Crippen LogP contribution is 2.22. The Morgan fingerprint density at radius 2 is 1.38 bits per heavy atom. The van der Waals surface area contributed by atoms with Crippen molar-refractivity contribution in [3.63, 3.8) is 0 Å². The van der Waals surface area contributed by atoms with E-state index in [4.69, 9.17) is 5.11 Å². The van der Waals surface area contributed by atoms with Crippen molar-refractivity contribution >= 4 is 28.8 Å². The van der Waals surface area contributed by atoms with Gasteiger partial charge in [0.2, 0.25) is 0 Å². The first-order chi connectivity index (χ1) is 11.4. The molecule has 2 fully saturated rings. The molecular formula is C19H33NO3S. The Bertz CT molecular complexity index is 383. The number of carbonyl (C=O) groups excluding carboxylic acids is 2. The van der Waals surface area contributed by atoms with Crippen molar-refractivity contribution in [1.29, 1.82) is 0 Å². The zero-order valence-electron chi connectivity index (χ0n) is 15.2. The van der Waals surface area contributed by atoms with E-state index in [2.05, 4.69) is 17.5 Å². The van der Waals surface area contributed by atoms with Gasteiger partial charge in [0.25, 0.3) is 0 Å². The minimum absolute atomic E-state index is 0.00463. The smallest absolute Gasteiger partial charge is 0.167 e. The maximum Gasteiger partial charge on any atom is 0.167 e. The van der Waals surface area contributed by atoms with Gasteiger partial charge in [-0.2, -0.15) is 0 Å². The lowest BCUT2D eigenvalue weighted by molar-refractivity contribution is -0.124. The largest absolute Gasteiger partial charge is 0.501 e. The van der Waals surface area contributed by atoms with Crippen LogP contribution in [0.25, 0.3) is 0 Å². The van der Waals surface area contributed by atoms with Crippen LogP contribution in [0.1, 0.15) is 84.5 Å². The highest BCUT2D eigenvalue weighted by Gasteiger charge is 2.20. The molecular weight excluding hydrogens is 322 g/mol. The third kappa shape index (κ3) is 8.88. The van der Waals surface area contributed by atoms with Gasteiger partial charge in [0, 0.05) is 18.5 Å². The summed E-state index contributed by atoms with van der Waals surface area (Å²) < 4.78 is 0. The quantitative estimate of drug-likeness (QED) is 0.696. The first-order valence-corrected chi connectivity index (χ1v) is 9.79. The second kappa shape index (κ2) is 11.7. The van der Waals surface area contributed by atoms with E-state index in [0.29, 0.717) is 0 Å². The molecule has 1 unspecified atom stereocenters. The molecule has 0 radical (unpaired) electrons. The number of hydrogen-bond donors (Lipinski definition) is 2. The summed E-state index contributed by atoms with van der Waals surface area (Å²) in [7, 11) is 0. The predicted molar refractivity (Wildman–Crippen MR) is 102 cm³/mol. The standard InChI is InChI=1S/C12H23N.C7H10O3S/c1-3-7-11(8-4-1)13-12-9-5-2-6-10-12;1-4(8)3-6(5(2)9)7(10)11/h11-13H,1-10H2;6H,3H2,1-2H3,(H,10,11). The Balaban J connectivity index is 0.000000245. The number of aliphatic hydroxyl groups is 1. The molecule has 0 aromatic heterocycles. The SMILES string of the molecule is C1CCC(NC2CCCCC2)CC1.CC(=O)CC(C(C)=O)C(O)=S. The normalized spacial score (nSPS) is 20.6. The molecule has 2 aliphatic carbocycles. The third-order valence-corrected chi connectivity index (χ3v) is 5.25. The van der Waals surface area contributed by atoms with Gasteiger partial charge in [-0.15, -0.1) is 0 Å². The topological polar surface area (TPSA) is 66.4 Å². The molecule has 0 aliphatic heterocycles. The minimum atomic E-state index is -0.789. The molecule has 24 heavy (non-hydrogen) atoms. The van der Waals surface area contributed by atoms with Crippen molar-refractivity contribution in [2.24, 2.45) is 5.92 Å². The molecule has 2 rings (SSSR count). The van der Waals surface area contributed by atoms with E-state index in [1.54, 1.807) is 0 Å². The average molecular weight is 356 g/mol. The molecule has 0 amide bonds. The molecule has 0 spiro atoms. The zero-order valence-corrected chi connectivity index (χ0v) is 16.0. The number of hydrogen-bond acceptors (Lipinski definition) is 4. The summed E-state index contributed by atoms with van der Waals surface area (Å²) in [5.74, 6) is -1.21. The number of aliphatic hydroxyl groups excluding tert-OH is 1. The van der Waals surface area contributed by atoms with Gasteiger partial charge in [-0.25, -0.2) is 0 Å². The van der Waals surface area contributed by atoms with E-state index < -0.39 is 11.0 Å². The predicted octanol–water partition coefficient (Wildman–Crippen LogP) is 4.30. The first kappa shape index (κ1) is 21.2. The maximum atomic E-state index is 10.7. The van der Waals surface area contributed by atoms with Crippen LogP contribution in [0.4, 0.5) is 0 Å². The van der Waals surface area contributed by atoms with E-state index >= 15 is 0 Å². The molecule has 2 saturated carbocycles. The van der Waals surface area contributed by atoms with Crippen molar-refractivity contribution < 1.29 is 14.7 Å². The fraction of sp³-hybridized carbons (Fsp3) is 0.842. The van der Waals surface area contributed by atoms with Crippen LogP contribution in [0.3, 0.4) is 0 Å². The second-order valence-corrected chi connectivity index (χ2v) is 7.66. The average Bonchev–Trinajstić information content (AvgIpc) is 2.54. The molecule has 0 aromatic carbocycles. The first-order valence-electron chi connectivity index (χ1n) is 9.39. The van der Waals surface area contributed by atoms with E-state index in [9.17, 15) is 9.59 Å². The Labute approximate surface area is 151 Å². The van der Waals surface area contributed by atoms with E-state index in [0.717, 1.165) is 12.1 Å². The molecule has 0 aromatic rings. The molecule has 0 bridgehead atoms. The number of thiocarbonyl (C=S) groups is 1. The summed E-state index contributed by atoms with van der Waals surface area (Å²) in [5, 5.41) is 12.3. The number of rotatable bonds is 6. The molecule has 2 N–H and O–H groups in total. The summed E-state index contributed by atoms with van der Waals surface area (Å²) in [5.41, 5.74) is 0. The van der Waals surface area contributed by atoms with Crippen LogP contribution < -0.4 is 5.32 Å². The van der Waals surface area contributed by atoms with E-state index in [1.807, 2.05) is 0 Å². The highest BCUT2D eigenvalue weighted by atomic mass is 32.1. The van der Waals surface area contributed by atoms with Crippen LogP contribution in [-0.4, -0.2) is 33.8 Å². The third-order valence-electron chi connectivity index (χ3n) is 4.96. The molecule has 2 aliphatic rings. The van der Waals surface area contributed by atoms with Crippen molar-refractivity contribution in [3.05, 3.63) is 0 Å². The Hall–Kier alpha value is -0.810. The van der Waals surface area contributed by atoms with Crippen LogP contribution in [-0.2, 0) is 9.59 Å². The van der Waals surface area contributed by atoms with Crippen LogP contribution in [0, 0.1) is 5.92 Å². The lowest BCUT2D eigenvalue weighted by atomic mass is 9.91. The molecule has 0 saturated heterocycles. The highest BCUT2D eigenvalue weighted by molar-refractivity contribution is 7.80. The number of Topliss-reactive ketones (excluding diaryl/α,β-unsaturated/α-hetero) is 2. The van der Waals surface area contributed by atoms with Crippen molar-refractivity contribution in [3.8, 4) is 0 Å². The molecule has 1 atom stereocenters. The van der Waals surface area contributed by atoms with Gasteiger partial charge in [0.1, 0.15) is 11.6 Å². The Morgan fingerprint density at radius 1 is 0.958 bits per heavy atom. The van der Waals surface area contributed by atoms with Crippen molar-refractivity contribution in [2.45, 2.75) is 96.6 Å². The number of nitrogens with one attached hydrogen (secondary N) is 1. The summed E-state index contributed by atoms with van der Waals surface area (Å²) in [6.45, 7) is 2.66. The van der Waals surface area contributed by atoms with Gasteiger partial charge in [-0.3, -0.25) is 9.59 Å². The zero-order chi connectivity index (χ0) is 17.9. The molecule has 4 nitrogen and oxygen atoms in total. The molecule has 138 valence electrons. The van der Waals surface area contributed by atoms with E-state index in [1.165, 1.54) is 78.1 Å².